The van der Waals surface area contributed by atoms with Gasteiger partial charge < -0.3 is 44.2 Å². The molecule has 0 amide bonds. The molecule has 5 unspecified atom stereocenters. The van der Waals surface area contributed by atoms with Gasteiger partial charge in [0.05, 0.1) is 20.5 Å². The van der Waals surface area contributed by atoms with Gasteiger partial charge in [-0.2, -0.15) is 0 Å². The molecule has 0 radical (unpaired) electrons. The van der Waals surface area contributed by atoms with Crippen LogP contribution in [0.25, 0.3) is 11.2 Å². The number of nitrogen functional groups attached to an aromatic ring is 1. The van der Waals surface area contributed by atoms with Crippen LogP contribution in [0.5, 0.6) is 0 Å². The minimum absolute atomic E-state index is 0. The van der Waals surface area contributed by atoms with Gasteiger partial charge in [-0.05, 0) is 11.6 Å². The second kappa shape index (κ2) is 14.7. The van der Waals surface area contributed by atoms with E-state index in [1.54, 1.807) is 0 Å². The van der Waals surface area contributed by atoms with E-state index in [1.807, 2.05) is 0 Å². The van der Waals surface area contributed by atoms with Crippen LogP contribution in [-0.2, 0) is 31.6 Å². The van der Waals surface area contributed by atoms with Crippen LogP contribution < -0.4 is 101 Å². The van der Waals surface area contributed by atoms with Crippen LogP contribution in [0.3, 0.4) is 0 Å². The number of phosphoric ester groups is 1. The molecule has 35 heavy (non-hydrogen) atoms. The summed E-state index contributed by atoms with van der Waals surface area (Å²) in [6.45, 7) is -0.952. The summed E-state index contributed by atoms with van der Waals surface area (Å²) in [6.07, 6.45) is -2.65. The van der Waals surface area contributed by atoms with Gasteiger partial charge in [-0.1, -0.05) is 0 Å². The zero-order valence-electron chi connectivity index (χ0n) is 18.7. The molecular formula is C10H11ClLi4N5O12P3. The van der Waals surface area contributed by atoms with Crippen LogP contribution in [-0.4, -0.2) is 43.4 Å². The molecule has 1 aliphatic heterocycles. The van der Waals surface area contributed by atoms with Gasteiger partial charge in [-0.15, -0.1) is 0 Å². The predicted octanol–water partition coefficient (Wildman–Crippen LogP) is -14.5. The minimum atomic E-state index is -6.11. The van der Waals surface area contributed by atoms with Gasteiger partial charge in [-0.25, -0.2) is 19.3 Å². The maximum Gasteiger partial charge on any atom is 1.00 e. The minimum Gasteiger partial charge on any atom is -0.790 e. The Morgan fingerprint density at radius 2 is 1.71 bits per heavy atom. The molecule has 3 N–H and O–H groups in total. The summed E-state index contributed by atoms with van der Waals surface area (Å²) in [7, 11) is -17.9. The standard InChI is InChI=1S/C10H15ClN5O12P3.4Li/c11-10-15-7-8(12)13-3-14-9(7)16(10)6-1-4(17)5(26-6)2-25-30(21,22)28-31(23,24)27-29(18,19)20;;;;/h3-6,17H,1-2H2,(H,21,22)(H,23,24)(H2,12,13,14)(H2,18,19,20);;;;/q;4*+1/p-4. The van der Waals surface area contributed by atoms with Gasteiger partial charge in [0.15, 0.2) is 17.0 Å². The summed E-state index contributed by atoms with van der Waals surface area (Å²) in [5.41, 5.74) is 6.01. The first-order valence-corrected chi connectivity index (χ1v) is 12.6. The molecule has 0 saturated carbocycles. The number of hydrogen-bond acceptors (Lipinski definition) is 16. The van der Waals surface area contributed by atoms with E-state index in [2.05, 4.69) is 28.1 Å². The molecule has 0 bridgehead atoms. The van der Waals surface area contributed by atoms with Crippen molar-refractivity contribution in [2.45, 2.75) is 24.9 Å². The summed E-state index contributed by atoms with van der Waals surface area (Å²) in [4.78, 5) is 55.1. The first-order chi connectivity index (χ1) is 14.2. The number of imidazole rings is 1. The number of rotatable bonds is 8. The molecular weight excluding hydrogens is 538 g/mol. The zero-order chi connectivity index (χ0) is 23.2. The number of nitrogens with two attached hydrogens (primary N) is 1. The molecule has 1 saturated heterocycles. The maximum absolute atomic E-state index is 11.6. The third-order valence-corrected chi connectivity index (χ3v) is 7.68. The van der Waals surface area contributed by atoms with Gasteiger partial charge in [0, 0.05) is 6.42 Å². The fourth-order valence-corrected chi connectivity index (χ4v) is 5.76. The number of hydrogen-bond donors (Lipinski definition) is 2. The Hall–Kier alpha value is 1.36. The second-order valence-electron chi connectivity index (χ2n) is 5.91. The molecule has 2 aromatic heterocycles. The number of anilines is 1. The van der Waals surface area contributed by atoms with Crippen molar-refractivity contribution >= 4 is 52.1 Å². The van der Waals surface area contributed by atoms with Gasteiger partial charge in [-0.3, -0.25) is 18.0 Å². The van der Waals surface area contributed by atoms with Crippen LogP contribution in [0.4, 0.5) is 5.82 Å². The van der Waals surface area contributed by atoms with Gasteiger partial charge in [0.1, 0.15) is 18.7 Å². The topological polar surface area (TPSA) is 270 Å². The van der Waals surface area contributed by atoms with Crippen LogP contribution in [0, 0.1) is 0 Å². The monoisotopic (exact) mass is 549 g/mol. The molecule has 3 rings (SSSR count). The fraction of sp³-hybridized carbons (Fsp3) is 0.500. The smallest absolute Gasteiger partial charge is 0.790 e. The number of ether oxygens (including phenoxy) is 1. The maximum atomic E-state index is 11.6. The van der Waals surface area contributed by atoms with E-state index < -0.39 is 48.5 Å². The Balaban J connectivity index is 0. The van der Waals surface area contributed by atoms with Crippen molar-refractivity contribution in [1.29, 1.82) is 0 Å². The van der Waals surface area contributed by atoms with Crippen LogP contribution in [0.1, 0.15) is 12.6 Å². The second-order valence-corrected chi connectivity index (χ2v) is 10.5. The van der Waals surface area contributed by atoms with E-state index in [9.17, 15) is 38.4 Å². The number of phosphoric acid groups is 3. The van der Waals surface area contributed by atoms with Crippen molar-refractivity contribution in [3.8, 4) is 0 Å². The first kappa shape index (κ1) is 38.5. The molecule has 1 aliphatic rings. The number of aliphatic hydroxyl groups excluding tert-OH is 1. The molecule has 174 valence electrons. The fourth-order valence-electron chi connectivity index (χ4n) is 2.63. The molecule has 3 heterocycles. The van der Waals surface area contributed by atoms with Gasteiger partial charge in [0.2, 0.25) is 5.28 Å². The Morgan fingerprint density at radius 1 is 1.11 bits per heavy atom. The molecule has 25 heteroatoms. The molecule has 2 aromatic rings. The van der Waals surface area contributed by atoms with Crippen molar-refractivity contribution in [3.63, 3.8) is 0 Å². The summed E-state index contributed by atoms with van der Waals surface area (Å²) in [5, 5.41) is 10.0. The number of fused-ring (bicyclic) bond motifs is 1. The van der Waals surface area contributed by atoms with Crippen molar-refractivity contribution in [2.24, 2.45) is 0 Å². The van der Waals surface area contributed by atoms with Crippen molar-refractivity contribution < 1.29 is 132 Å². The van der Waals surface area contributed by atoms with Crippen molar-refractivity contribution in [2.75, 3.05) is 12.3 Å². The average molecular weight is 549 g/mol. The van der Waals surface area contributed by atoms with Crippen LogP contribution in [0.2, 0.25) is 5.28 Å². The van der Waals surface area contributed by atoms with Crippen molar-refractivity contribution in [1.82, 2.24) is 19.5 Å². The molecule has 0 spiro atoms. The quantitative estimate of drug-likeness (QED) is 0.176. The van der Waals surface area contributed by atoms with E-state index in [0.717, 1.165) is 6.33 Å². The van der Waals surface area contributed by atoms with E-state index in [4.69, 9.17) is 22.1 Å². The summed E-state index contributed by atoms with van der Waals surface area (Å²) in [5.74, 6) is 0.0264. The van der Waals surface area contributed by atoms with E-state index in [1.165, 1.54) is 4.57 Å². The molecule has 5 atom stereocenters. The van der Waals surface area contributed by atoms with E-state index >= 15 is 0 Å². The summed E-state index contributed by atoms with van der Waals surface area (Å²) >= 11 is 6.06. The SMILES string of the molecule is Nc1ncnc2c1nc(Cl)n2C1CC(O)C(COP(=O)([O-])OP(=O)([O-])OP(=O)([O-])[O-])O1.[Li+].[Li+].[Li+].[Li+]. The zero-order valence-corrected chi connectivity index (χ0v) is 22.2. The molecule has 0 aliphatic carbocycles. The van der Waals surface area contributed by atoms with Crippen molar-refractivity contribution in [3.05, 3.63) is 11.6 Å². The third-order valence-electron chi connectivity index (χ3n) is 3.75. The number of aromatic nitrogens is 4. The molecule has 17 nitrogen and oxygen atoms in total. The van der Waals surface area contributed by atoms with Crippen LogP contribution in [0.15, 0.2) is 6.33 Å². The summed E-state index contributed by atoms with van der Waals surface area (Å²) < 4.78 is 50.6. The normalized spacial score (nSPS) is 23.1. The predicted molar refractivity (Wildman–Crippen MR) is 90.2 cm³/mol. The Labute approximate surface area is 250 Å². The van der Waals surface area contributed by atoms with Gasteiger partial charge >= 0.3 is 75.4 Å². The van der Waals surface area contributed by atoms with Gasteiger partial charge in [0.25, 0.3) is 15.6 Å². The summed E-state index contributed by atoms with van der Waals surface area (Å²) in [6, 6.07) is 0. The van der Waals surface area contributed by atoms with E-state index in [0.29, 0.717) is 0 Å². The Kier molecular flexibility index (Phi) is 16.1. The van der Waals surface area contributed by atoms with Crippen LogP contribution >= 0.6 is 35.1 Å². The first-order valence-electron chi connectivity index (χ1n) is 7.86. The Bertz CT molecular complexity index is 1140. The number of aliphatic hydroxyl groups is 1. The largest absolute Gasteiger partial charge is 1.00 e. The Morgan fingerprint density at radius 3 is 2.29 bits per heavy atom. The number of halogens is 1. The average Bonchev–Trinajstić information content (AvgIpc) is 3.09. The van der Waals surface area contributed by atoms with E-state index in [-0.39, 0.29) is 104 Å². The third kappa shape index (κ3) is 10.5. The molecule has 1 fully saturated rings. The molecule has 0 aromatic carbocycles. The number of nitrogens with zero attached hydrogens (tertiary/aromatic N) is 4.